The third-order valence-corrected chi connectivity index (χ3v) is 3.57. The third-order valence-electron chi connectivity index (χ3n) is 3.57. The van der Waals surface area contributed by atoms with Crippen molar-refractivity contribution < 1.29 is 9.90 Å². The van der Waals surface area contributed by atoms with Crippen LogP contribution >= 0.6 is 0 Å². The summed E-state index contributed by atoms with van der Waals surface area (Å²) in [6, 6.07) is 11.1. The highest BCUT2D eigenvalue weighted by molar-refractivity contribution is 5.80. The monoisotopic (exact) mass is 273 g/mol. The second kappa shape index (κ2) is 5.46. The number of carboxylic acid groups (broad SMARTS) is 1. The van der Waals surface area contributed by atoms with E-state index in [0.29, 0.717) is 6.54 Å². The Balaban J connectivity index is 2.20. The van der Waals surface area contributed by atoms with Crippen molar-refractivity contribution in [3.63, 3.8) is 0 Å². The van der Waals surface area contributed by atoms with Gasteiger partial charge in [-0.2, -0.15) is 5.10 Å². The van der Waals surface area contributed by atoms with Crippen molar-refractivity contribution in [2.24, 2.45) is 7.05 Å². The lowest BCUT2D eigenvalue weighted by Gasteiger charge is -2.26. The summed E-state index contributed by atoms with van der Waals surface area (Å²) >= 11 is 0. The minimum atomic E-state index is -1.13. The van der Waals surface area contributed by atoms with E-state index in [-0.39, 0.29) is 0 Å². The number of nitrogens with zero attached hydrogens (tertiary/aromatic N) is 2. The van der Waals surface area contributed by atoms with E-state index >= 15 is 0 Å². The molecule has 0 aliphatic rings. The van der Waals surface area contributed by atoms with Crippen molar-refractivity contribution in [1.82, 2.24) is 15.1 Å². The molecule has 0 radical (unpaired) electrons. The lowest BCUT2D eigenvalue weighted by Crippen LogP contribution is -2.46. The highest BCUT2D eigenvalue weighted by Crippen LogP contribution is 2.21. The Kier molecular flexibility index (Phi) is 3.90. The quantitative estimate of drug-likeness (QED) is 0.872. The summed E-state index contributed by atoms with van der Waals surface area (Å²) < 4.78 is 1.78. The van der Waals surface area contributed by atoms with E-state index in [1.807, 2.05) is 50.4 Å². The Hall–Kier alpha value is -2.14. The molecule has 0 aliphatic heterocycles. The van der Waals surface area contributed by atoms with E-state index in [4.69, 9.17) is 0 Å². The Labute approximate surface area is 118 Å². The zero-order chi connectivity index (χ0) is 14.8. The fraction of sp³-hybridized carbons (Fsp3) is 0.333. The number of nitrogens with one attached hydrogen (secondary N) is 1. The van der Waals surface area contributed by atoms with Gasteiger partial charge in [0.15, 0.2) is 0 Å². The molecular formula is C15H19N3O2. The fourth-order valence-electron chi connectivity index (χ4n) is 2.06. The largest absolute Gasteiger partial charge is 0.480 e. The second-order valence-corrected chi connectivity index (χ2v) is 5.05. The van der Waals surface area contributed by atoms with Gasteiger partial charge in [-0.3, -0.25) is 10.00 Å². The summed E-state index contributed by atoms with van der Waals surface area (Å²) in [6.45, 7) is 4.03. The van der Waals surface area contributed by atoms with E-state index in [0.717, 1.165) is 17.0 Å². The van der Waals surface area contributed by atoms with Gasteiger partial charge in [-0.1, -0.05) is 30.3 Å². The normalized spacial score (nSPS) is 13.9. The Morgan fingerprint density at radius 2 is 2.05 bits per heavy atom. The van der Waals surface area contributed by atoms with E-state index in [1.165, 1.54) is 0 Å². The zero-order valence-corrected chi connectivity index (χ0v) is 11.9. The highest BCUT2D eigenvalue weighted by atomic mass is 16.4. The topological polar surface area (TPSA) is 67.2 Å². The van der Waals surface area contributed by atoms with Crippen LogP contribution in [0.2, 0.25) is 0 Å². The molecule has 2 aromatic rings. The van der Waals surface area contributed by atoms with E-state index in [9.17, 15) is 9.90 Å². The minimum Gasteiger partial charge on any atom is -0.480 e. The van der Waals surface area contributed by atoms with Crippen molar-refractivity contribution in [2.75, 3.05) is 0 Å². The van der Waals surface area contributed by atoms with Crippen LogP contribution < -0.4 is 5.32 Å². The maximum Gasteiger partial charge on any atom is 0.328 e. The smallest absolute Gasteiger partial charge is 0.328 e. The summed E-state index contributed by atoms with van der Waals surface area (Å²) in [5.74, 6) is -0.906. The standard InChI is InChI=1S/C15H19N3O2/c1-11-9-13(17-18(11)3)10-16-15(2,14(19)20)12-7-5-4-6-8-12/h4-9,16H,10H2,1-3H3,(H,19,20). The molecule has 0 saturated carbocycles. The molecule has 1 aromatic carbocycles. The van der Waals surface area contributed by atoms with Crippen molar-refractivity contribution in [1.29, 1.82) is 0 Å². The number of carboxylic acids is 1. The molecule has 0 amide bonds. The first-order chi connectivity index (χ1) is 9.43. The summed E-state index contributed by atoms with van der Waals surface area (Å²) in [7, 11) is 1.87. The summed E-state index contributed by atoms with van der Waals surface area (Å²) in [5.41, 5.74) is 1.46. The van der Waals surface area contributed by atoms with Crippen LogP contribution in [0.4, 0.5) is 0 Å². The number of aliphatic carboxylic acids is 1. The molecule has 1 atom stereocenters. The molecule has 20 heavy (non-hydrogen) atoms. The van der Waals surface area contributed by atoms with Gasteiger partial charge in [-0.05, 0) is 25.5 Å². The van der Waals surface area contributed by atoms with Crippen LogP contribution in [0.25, 0.3) is 0 Å². The first kappa shape index (κ1) is 14.3. The molecule has 1 heterocycles. The van der Waals surface area contributed by atoms with Crippen molar-refractivity contribution >= 4 is 5.97 Å². The lowest BCUT2D eigenvalue weighted by atomic mass is 9.92. The van der Waals surface area contributed by atoms with Crippen LogP contribution in [0, 0.1) is 6.92 Å². The maximum absolute atomic E-state index is 11.6. The van der Waals surface area contributed by atoms with Gasteiger partial charge in [0, 0.05) is 19.3 Å². The predicted molar refractivity (Wildman–Crippen MR) is 76.2 cm³/mol. The number of hydrogen-bond acceptors (Lipinski definition) is 3. The van der Waals surface area contributed by atoms with Crippen LogP contribution in [-0.4, -0.2) is 20.9 Å². The highest BCUT2D eigenvalue weighted by Gasteiger charge is 2.34. The zero-order valence-electron chi connectivity index (χ0n) is 11.9. The second-order valence-electron chi connectivity index (χ2n) is 5.05. The van der Waals surface area contributed by atoms with Gasteiger partial charge in [-0.15, -0.1) is 0 Å². The van der Waals surface area contributed by atoms with Crippen LogP contribution in [0.5, 0.6) is 0 Å². The van der Waals surface area contributed by atoms with Crippen LogP contribution in [-0.2, 0) is 23.9 Å². The first-order valence-electron chi connectivity index (χ1n) is 6.47. The summed E-state index contributed by atoms with van der Waals surface area (Å²) in [6.07, 6.45) is 0. The molecule has 2 N–H and O–H groups in total. The number of rotatable bonds is 5. The third kappa shape index (κ3) is 2.72. The Morgan fingerprint density at radius 1 is 1.40 bits per heavy atom. The van der Waals surface area contributed by atoms with Crippen molar-refractivity contribution in [2.45, 2.75) is 25.9 Å². The van der Waals surface area contributed by atoms with Gasteiger partial charge < -0.3 is 5.11 Å². The van der Waals surface area contributed by atoms with E-state index in [1.54, 1.807) is 11.6 Å². The molecule has 0 bridgehead atoms. The van der Waals surface area contributed by atoms with Crippen LogP contribution in [0.1, 0.15) is 23.9 Å². The number of benzene rings is 1. The van der Waals surface area contributed by atoms with Gasteiger partial charge in [0.2, 0.25) is 0 Å². The number of carbonyl (C=O) groups is 1. The Morgan fingerprint density at radius 3 is 2.55 bits per heavy atom. The molecule has 106 valence electrons. The van der Waals surface area contributed by atoms with Crippen LogP contribution in [0.3, 0.4) is 0 Å². The Bertz CT molecular complexity index is 587. The molecule has 5 nitrogen and oxygen atoms in total. The average molecular weight is 273 g/mol. The molecule has 2 rings (SSSR count). The average Bonchev–Trinajstić information content (AvgIpc) is 2.76. The predicted octanol–water partition coefficient (Wildman–Crippen LogP) is 1.82. The number of hydrogen-bond donors (Lipinski definition) is 2. The molecular weight excluding hydrogens is 254 g/mol. The van der Waals surface area contributed by atoms with Gasteiger partial charge in [0.25, 0.3) is 0 Å². The first-order valence-corrected chi connectivity index (χ1v) is 6.47. The number of aromatic nitrogens is 2. The molecule has 5 heteroatoms. The van der Waals surface area contributed by atoms with Gasteiger partial charge >= 0.3 is 5.97 Å². The molecule has 0 saturated heterocycles. The van der Waals surface area contributed by atoms with E-state index < -0.39 is 11.5 Å². The van der Waals surface area contributed by atoms with Gasteiger partial charge in [0.1, 0.15) is 5.54 Å². The summed E-state index contributed by atoms with van der Waals surface area (Å²) in [4.78, 5) is 11.6. The molecule has 1 aromatic heterocycles. The van der Waals surface area contributed by atoms with Gasteiger partial charge in [0.05, 0.1) is 5.69 Å². The maximum atomic E-state index is 11.6. The molecule has 0 fully saturated rings. The van der Waals surface area contributed by atoms with Crippen molar-refractivity contribution in [3.05, 3.63) is 53.3 Å². The molecule has 0 aliphatic carbocycles. The number of aryl methyl sites for hydroxylation is 2. The molecule has 0 spiro atoms. The minimum absolute atomic E-state index is 0.402. The summed E-state index contributed by atoms with van der Waals surface area (Å²) in [5, 5.41) is 17.0. The van der Waals surface area contributed by atoms with E-state index in [2.05, 4.69) is 10.4 Å². The van der Waals surface area contributed by atoms with Gasteiger partial charge in [-0.25, -0.2) is 4.79 Å². The SMILES string of the molecule is Cc1cc(CNC(C)(C(=O)O)c2ccccc2)nn1C. The lowest BCUT2D eigenvalue weighted by molar-refractivity contribution is -0.144. The fourth-order valence-corrected chi connectivity index (χ4v) is 2.06. The molecule has 1 unspecified atom stereocenters. The van der Waals surface area contributed by atoms with Crippen molar-refractivity contribution in [3.8, 4) is 0 Å². The van der Waals surface area contributed by atoms with Crippen LogP contribution in [0.15, 0.2) is 36.4 Å².